The van der Waals surface area contributed by atoms with Crippen LogP contribution in [0.15, 0.2) is 42.5 Å². The van der Waals surface area contributed by atoms with Crippen LogP contribution in [0, 0.1) is 0 Å². The lowest BCUT2D eigenvalue weighted by Gasteiger charge is -2.24. The summed E-state index contributed by atoms with van der Waals surface area (Å²) >= 11 is 18.2. The van der Waals surface area contributed by atoms with Gasteiger partial charge >= 0.3 is 0 Å². The van der Waals surface area contributed by atoms with Crippen molar-refractivity contribution < 1.29 is 14.4 Å². The summed E-state index contributed by atoms with van der Waals surface area (Å²) in [5.74, 6) is -1.51. The maximum absolute atomic E-state index is 13.1. The highest BCUT2D eigenvalue weighted by Crippen LogP contribution is 2.32. The van der Waals surface area contributed by atoms with Crippen LogP contribution in [0.5, 0.6) is 0 Å². The van der Waals surface area contributed by atoms with E-state index in [1.807, 2.05) is 30.3 Å². The Morgan fingerprint density at radius 1 is 0.889 bits per heavy atom. The highest BCUT2D eigenvalue weighted by molar-refractivity contribution is 6.44. The molecular formula is C24H31Cl3N6O3. The molecule has 0 aliphatic heterocycles. The molecule has 2 rings (SSSR count). The second-order valence-electron chi connectivity index (χ2n) is 8.09. The van der Waals surface area contributed by atoms with Gasteiger partial charge in [0.25, 0.3) is 0 Å². The number of nitrogens with zero attached hydrogens (tertiary/aromatic N) is 1. The summed E-state index contributed by atoms with van der Waals surface area (Å²) in [6, 6.07) is 10.2. The molecule has 0 saturated carbocycles. The van der Waals surface area contributed by atoms with Crippen molar-refractivity contribution >= 4 is 58.2 Å². The Morgan fingerprint density at radius 2 is 1.50 bits per heavy atom. The zero-order valence-electron chi connectivity index (χ0n) is 19.7. The van der Waals surface area contributed by atoms with Gasteiger partial charge < -0.3 is 32.7 Å². The lowest BCUT2D eigenvalue weighted by atomic mass is 10.0. The first-order valence-electron chi connectivity index (χ1n) is 11.4. The third-order valence-electron chi connectivity index (χ3n) is 5.35. The van der Waals surface area contributed by atoms with Crippen molar-refractivity contribution in [2.24, 2.45) is 17.2 Å². The molecule has 0 unspecified atom stereocenters. The van der Waals surface area contributed by atoms with E-state index in [4.69, 9.17) is 52.0 Å². The molecule has 0 spiro atoms. The maximum Gasteiger partial charge on any atom is 0.247 e. The largest absolute Gasteiger partial charge is 0.343 e. The van der Waals surface area contributed by atoms with Crippen LogP contribution < -0.4 is 27.8 Å². The minimum Gasteiger partial charge on any atom is -0.343 e. The summed E-state index contributed by atoms with van der Waals surface area (Å²) in [7, 11) is 0. The number of halogens is 3. The second kappa shape index (κ2) is 15.0. The van der Waals surface area contributed by atoms with E-state index in [0.717, 1.165) is 5.56 Å². The van der Waals surface area contributed by atoms with Crippen molar-refractivity contribution in [1.82, 2.24) is 10.2 Å². The first kappa shape index (κ1) is 29.8. The summed E-state index contributed by atoms with van der Waals surface area (Å²) in [4.78, 5) is 40.0. The molecule has 9 nitrogen and oxygen atoms in total. The number of carbonyl (C=O) groups is 3. The Bertz CT molecular complexity index is 1040. The van der Waals surface area contributed by atoms with E-state index in [1.54, 1.807) is 0 Å². The van der Waals surface area contributed by atoms with Crippen molar-refractivity contribution in [3.8, 4) is 0 Å². The van der Waals surface area contributed by atoms with Gasteiger partial charge in [-0.3, -0.25) is 14.4 Å². The van der Waals surface area contributed by atoms with Crippen LogP contribution >= 0.6 is 34.8 Å². The highest BCUT2D eigenvalue weighted by atomic mass is 35.5. The number of hydrogen-bond acceptors (Lipinski definition) is 6. The SMILES string of the molecule is NCCN(CCN)C(=O)C[C@H](N)C(=O)N[C@@H](CCc1ccccc1)C(=O)Nc1cc(Cl)c(Cl)cc1Cl. The number of aryl methyl sites for hydroxylation is 1. The fourth-order valence-electron chi connectivity index (χ4n) is 3.42. The molecule has 0 aliphatic carbocycles. The molecule has 2 aromatic carbocycles. The van der Waals surface area contributed by atoms with Crippen LogP contribution in [0.2, 0.25) is 15.1 Å². The Balaban J connectivity index is 2.13. The molecule has 0 aromatic heterocycles. The van der Waals surface area contributed by atoms with Gasteiger partial charge in [0.1, 0.15) is 6.04 Å². The van der Waals surface area contributed by atoms with Gasteiger partial charge in [0.15, 0.2) is 0 Å². The number of benzene rings is 2. The van der Waals surface area contributed by atoms with E-state index >= 15 is 0 Å². The van der Waals surface area contributed by atoms with Gasteiger partial charge in [-0.2, -0.15) is 0 Å². The van der Waals surface area contributed by atoms with E-state index < -0.39 is 23.9 Å². The lowest BCUT2D eigenvalue weighted by molar-refractivity contribution is -0.134. The average molecular weight is 558 g/mol. The second-order valence-corrected chi connectivity index (χ2v) is 9.31. The van der Waals surface area contributed by atoms with Gasteiger partial charge in [-0.25, -0.2) is 0 Å². The standard InChI is InChI=1S/C24H31Cl3N6O3/c25-16-12-18(27)21(13-17(16)26)32-24(36)20(7-6-15-4-2-1-3-5-15)31-23(35)19(30)14-22(34)33(10-8-28)11-9-29/h1-5,12-13,19-20H,6-11,14,28-30H2,(H,31,35)(H,32,36)/t19-,20-/m0/s1. The molecular weight excluding hydrogens is 527 g/mol. The molecule has 36 heavy (non-hydrogen) atoms. The van der Waals surface area contributed by atoms with E-state index in [2.05, 4.69) is 10.6 Å². The minimum atomic E-state index is -1.17. The van der Waals surface area contributed by atoms with Crippen molar-refractivity contribution in [3.05, 3.63) is 63.1 Å². The molecule has 12 heteroatoms. The van der Waals surface area contributed by atoms with Crippen molar-refractivity contribution in [2.45, 2.75) is 31.3 Å². The first-order chi connectivity index (χ1) is 17.2. The summed E-state index contributed by atoms with van der Waals surface area (Å²) in [5, 5.41) is 5.98. The van der Waals surface area contributed by atoms with Gasteiger partial charge in [0.05, 0.1) is 33.2 Å². The fraction of sp³-hybridized carbons (Fsp3) is 0.375. The summed E-state index contributed by atoms with van der Waals surface area (Å²) < 4.78 is 0. The molecule has 0 radical (unpaired) electrons. The van der Waals surface area contributed by atoms with Crippen LogP contribution in [0.4, 0.5) is 5.69 Å². The van der Waals surface area contributed by atoms with Crippen LogP contribution in [-0.2, 0) is 20.8 Å². The van der Waals surface area contributed by atoms with Gasteiger partial charge in [0.2, 0.25) is 17.7 Å². The zero-order chi connectivity index (χ0) is 26.7. The number of nitrogens with one attached hydrogen (secondary N) is 2. The number of hydrogen-bond donors (Lipinski definition) is 5. The minimum absolute atomic E-state index is 0.188. The lowest BCUT2D eigenvalue weighted by Crippen LogP contribution is -2.52. The first-order valence-corrected chi connectivity index (χ1v) is 12.5. The zero-order valence-corrected chi connectivity index (χ0v) is 22.0. The Hall–Kier alpha value is -2.40. The average Bonchev–Trinajstić information content (AvgIpc) is 2.85. The van der Waals surface area contributed by atoms with E-state index in [9.17, 15) is 14.4 Å². The van der Waals surface area contributed by atoms with Gasteiger partial charge in [-0.1, -0.05) is 65.1 Å². The van der Waals surface area contributed by atoms with Crippen LogP contribution in [0.25, 0.3) is 0 Å². The highest BCUT2D eigenvalue weighted by Gasteiger charge is 2.27. The molecule has 0 aliphatic rings. The number of rotatable bonds is 13. The van der Waals surface area contributed by atoms with E-state index in [-0.39, 0.29) is 52.6 Å². The molecule has 2 atom stereocenters. The molecule has 3 amide bonds. The number of carbonyl (C=O) groups excluding carboxylic acids is 3. The van der Waals surface area contributed by atoms with Gasteiger partial charge in [0, 0.05) is 26.2 Å². The van der Waals surface area contributed by atoms with Crippen molar-refractivity contribution in [2.75, 3.05) is 31.5 Å². The quantitative estimate of drug-likeness (QED) is 0.238. The van der Waals surface area contributed by atoms with Crippen molar-refractivity contribution in [3.63, 3.8) is 0 Å². The summed E-state index contributed by atoms with van der Waals surface area (Å²) in [5.41, 5.74) is 18.3. The third kappa shape index (κ3) is 9.24. The summed E-state index contributed by atoms with van der Waals surface area (Å²) in [6.07, 6.45) is 0.522. The smallest absolute Gasteiger partial charge is 0.247 e. The monoisotopic (exact) mass is 556 g/mol. The Morgan fingerprint density at radius 3 is 2.11 bits per heavy atom. The molecule has 0 bridgehead atoms. The molecule has 196 valence electrons. The fourth-order valence-corrected chi connectivity index (χ4v) is 4.02. The molecule has 0 fully saturated rings. The maximum atomic E-state index is 13.1. The van der Waals surface area contributed by atoms with Crippen molar-refractivity contribution in [1.29, 1.82) is 0 Å². The molecule has 2 aromatic rings. The summed E-state index contributed by atoms with van der Waals surface area (Å²) in [6.45, 7) is 1.12. The number of amides is 3. The van der Waals surface area contributed by atoms with E-state index in [0.29, 0.717) is 19.5 Å². The molecule has 8 N–H and O–H groups in total. The predicted molar refractivity (Wildman–Crippen MR) is 144 cm³/mol. The van der Waals surface area contributed by atoms with Gasteiger partial charge in [-0.05, 0) is 30.5 Å². The predicted octanol–water partition coefficient (Wildman–Crippen LogP) is 2.17. The van der Waals surface area contributed by atoms with Gasteiger partial charge in [-0.15, -0.1) is 0 Å². The number of nitrogens with two attached hydrogens (primary N) is 3. The molecule has 0 saturated heterocycles. The molecule has 0 heterocycles. The van der Waals surface area contributed by atoms with E-state index in [1.165, 1.54) is 17.0 Å². The third-order valence-corrected chi connectivity index (χ3v) is 6.38. The Labute approximate surface area is 225 Å². The van der Waals surface area contributed by atoms with Crippen LogP contribution in [0.3, 0.4) is 0 Å². The Kier molecular flexibility index (Phi) is 12.4. The number of anilines is 1. The van der Waals surface area contributed by atoms with Crippen LogP contribution in [-0.4, -0.2) is 60.9 Å². The normalized spacial score (nSPS) is 12.5. The topological polar surface area (TPSA) is 157 Å². The van der Waals surface area contributed by atoms with Crippen LogP contribution in [0.1, 0.15) is 18.4 Å².